The molecular weight excluding hydrogens is 149 g/mol. The summed E-state index contributed by atoms with van der Waals surface area (Å²) in [6.07, 6.45) is 2.42. The van der Waals surface area contributed by atoms with Crippen LogP contribution in [0.1, 0.15) is 6.92 Å². The van der Waals surface area contributed by atoms with Crippen molar-refractivity contribution in [3.8, 4) is 0 Å². The minimum Gasteiger partial charge on any atom is -0.464 e. The molecule has 4 heteroatoms. The van der Waals surface area contributed by atoms with Crippen molar-refractivity contribution in [2.45, 2.75) is 13.0 Å². The molecule has 1 atom stereocenters. The van der Waals surface area contributed by atoms with Crippen LogP contribution in [-0.2, 0) is 9.53 Å². The maximum Gasteiger partial charge on any atom is 0.337 e. The highest BCUT2D eigenvalue weighted by Gasteiger charge is 2.25. The molecule has 0 aromatic heterocycles. The maximum absolute atomic E-state index is 12.6. The molecule has 1 heterocycles. The van der Waals surface area contributed by atoms with Gasteiger partial charge in [0.1, 0.15) is 5.83 Å². The van der Waals surface area contributed by atoms with E-state index in [1.807, 2.05) is 0 Å². The van der Waals surface area contributed by atoms with E-state index in [2.05, 4.69) is 9.73 Å². The van der Waals surface area contributed by atoms with Crippen LogP contribution >= 0.6 is 0 Å². The summed E-state index contributed by atoms with van der Waals surface area (Å²) in [6.45, 7) is 1.91. The third-order valence-electron chi connectivity index (χ3n) is 1.24. The Balaban J connectivity index is 2.55. The minimum atomic E-state index is -1.05. The Kier molecular flexibility index (Phi) is 2.36. The van der Waals surface area contributed by atoms with E-state index in [1.165, 1.54) is 6.21 Å². The van der Waals surface area contributed by atoms with Gasteiger partial charge in [0.05, 0.1) is 6.61 Å². The maximum atomic E-state index is 12.6. The van der Waals surface area contributed by atoms with Gasteiger partial charge in [-0.05, 0) is 13.0 Å². The lowest BCUT2D eigenvalue weighted by Crippen LogP contribution is -2.20. The van der Waals surface area contributed by atoms with Crippen molar-refractivity contribution >= 4 is 12.2 Å². The monoisotopic (exact) mass is 157 g/mol. The third-order valence-corrected chi connectivity index (χ3v) is 1.24. The van der Waals surface area contributed by atoms with Gasteiger partial charge in [-0.15, -0.1) is 0 Å². The molecule has 0 N–H and O–H groups in total. The van der Waals surface area contributed by atoms with Crippen molar-refractivity contribution in [2.75, 3.05) is 6.61 Å². The fraction of sp³-hybridized carbons (Fsp3) is 0.429. The molecule has 1 aliphatic rings. The molecule has 0 saturated heterocycles. The molecule has 0 fully saturated rings. The summed E-state index contributed by atoms with van der Waals surface area (Å²) in [6, 6.07) is -1.05. The number of nitrogens with zero attached hydrogens (tertiary/aromatic N) is 1. The second kappa shape index (κ2) is 3.27. The van der Waals surface area contributed by atoms with Crippen LogP contribution in [0, 0.1) is 0 Å². The van der Waals surface area contributed by atoms with Gasteiger partial charge < -0.3 is 4.74 Å². The van der Waals surface area contributed by atoms with Gasteiger partial charge in [-0.25, -0.2) is 9.18 Å². The van der Waals surface area contributed by atoms with E-state index in [-0.39, 0.29) is 6.61 Å². The summed E-state index contributed by atoms with van der Waals surface area (Å²) >= 11 is 0. The zero-order valence-electron chi connectivity index (χ0n) is 6.08. The number of ether oxygens (including phenoxy) is 1. The molecule has 0 saturated carbocycles. The van der Waals surface area contributed by atoms with Gasteiger partial charge in [0, 0.05) is 6.21 Å². The summed E-state index contributed by atoms with van der Waals surface area (Å²) in [5.74, 6) is -1.18. The number of hydrogen-bond acceptors (Lipinski definition) is 3. The quantitative estimate of drug-likeness (QED) is 0.557. The smallest absolute Gasteiger partial charge is 0.337 e. The van der Waals surface area contributed by atoms with Crippen molar-refractivity contribution in [3.05, 3.63) is 11.9 Å². The highest BCUT2D eigenvalue weighted by molar-refractivity contribution is 5.87. The van der Waals surface area contributed by atoms with E-state index in [9.17, 15) is 9.18 Å². The number of aliphatic imine (C=N–C) groups is 1. The van der Waals surface area contributed by atoms with E-state index in [1.54, 1.807) is 6.92 Å². The molecule has 0 radical (unpaired) electrons. The molecule has 1 aliphatic heterocycles. The average molecular weight is 157 g/mol. The van der Waals surface area contributed by atoms with Gasteiger partial charge in [0.25, 0.3) is 0 Å². The zero-order chi connectivity index (χ0) is 8.27. The number of carbonyl (C=O) groups is 1. The first-order chi connectivity index (χ1) is 5.25. The number of rotatable bonds is 2. The predicted octanol–water partition coefficient (Wildman–Crippen LogP) is 0.856. The molecule has 60 valence electrons. The summed E-state index contributed by atoms with van der Waals surface area (Å²) < 4.78 is 17.2. The van der Waals surface area contributed by atoms with Gasteiger partial charge in [0.15, 0.2) is 6.04 Å². The highest BCUT2D eigenvalue weighted by Crippen LogP contribution is 2.13. The predicted molar refractivity (Wildman–Crippen MR) is 38.1 cm³/mol. The number of allylic oxidation sites excluding steroid dienone is 1. The van der Waals surface area contributed by atoms with Crippen LogP contribution in [0.15, 0.2) is 16.9 Å². The van der Waals surface area contributed by atoms with E-state index in [0.717, 1.165) is 6.08 Å². The fourth-order valence-electron chi connectivity index (χ4n) is 0.757. The molecule has 0 aromatic rings. The average Bonchev–Trinajstić information content (AvgIpc) is 2.36. The normalized spacial score (nSPS) is 21.6. The Morgan fingerprint density at radius 3 is 3.09 bits per heavy atom. The largest absolute Gasteiger partial charge is 0.464 e. The molecular formula is C7H8FNO2. The highest BCUT2D eigenvalue weighted by atomic mass is 19.1. The van der Waals surface area contributed by atoms with Crippen molar-refractivity contribution in [1.29, 1.82) is 0 Å². The minimum absolute atomic E-state index is 0.248. The lowest BCUT2D eigenvalue weighted by molar-refractivity contribution is -0.143. The van der Waals surface area contributed by atoms with Crippen LogP contribution in [0.5, 0.6) is 0 Å². The summed E-state index contributed by atoms with van der Waals surface area (Å²) in [4.78, 5) is 14.4. The summed E-state index contributed by atoms with van der Waals surface area (Å²) in [7, 11) is 0. The van der Waals surface area contributed by atoms with Gasteiger partial charge in [-0.2, -0.15) is 0 Å². The zero-order valence-corrected chi connectivity index (χ0v) is 6.08. The standard InChI is InChI=1S/C7H8FNO2/c1-2-11-7(10)6-5(8)3-4-9-6/h3-4,6H,2H2,1H3/t6-/m1/s1. The van der Waals surface area contributed by atoms with Gasteiger partial charge in [-0.1, -0.05) is 0 Å². The van der Waals surface area contributed by atoms with Crippen LogP contribution < -0.4 is 0 Å². The van der Waals surface area contributed by atoms with Crippen molar-refractivity contribution in [1.82, 2.24) is 0 Å². The second-order valence-electron chi connectivity index (χ2n) is 2.00. The van der Waals surface area contributed by atoms with Crippen LogP contribution in [0.4, 0.5) is 4.39 Å². The number of esters is 1. The van der Waals surface area contributed by atoms with E-state index in [0.29, 0.717) is 0 Å². The molecule has 1 rings (SSSR count). The first-order valence-electron chi connectivity index (χ1n) is 3.31. The van der Waals surface area contributed by atoms with Crippen molar-refractivity contribution in [3.63, 3.8) is 0 Å². The lowest BCUT2D eigenvalue weighted by Gasteiger charge is -2.04. The Morgan fingerprint density at radius 1 is 1.91 bits per heavy atom. The SMILES string of the molecule is CCOC(=O)[C@@H]1N=CC=C1F. The van der Waals surface area contributed by atoms with Crippen molar-refractivity contribution in [2.24, 2.45) is 4.99 Å². The van der Waals surface area contributed by atoms with Crippen LogP contribution in [-0.4, -0.2) is 24.8 Å². The number of halogens is 1. The van der Waals surface area contributed by atoms with Gasteiger partial charge in [0.2, 0.25) is 0 Å². The molecule has 0 aliphatic carbocycles. The van der Waals surface area contributed by atoms with Gasteiger partial charge >= 0.3 is 5.97 Å². The van der Waals surface area contributed by atoms with Gasteiger partial charge in [-0.3, -0.25) is 4.99 Å². The fourth-order valence-corrected chi connectivity index (χ4v) is 0.757. The van der Waals surface area contributed by atoms with Crippen LogP contribution in [0.25, 0.3) is 0 Å². The summed E-state index contributed by atoms with van der Waals surface area (Å²) in [5.41, 5.74) is 0. The number of carbonyl (C=O) groups excluding carboxylic acids is 1. The molecule has 0 aromatic carbocycles. The Morgan fingerprint density at radius 2 is 2.64 bits per heavy atom. The topological polar surface area (TPSA) is 38.7 Å². The molecule has 0 unspecified atom stereocenters. The Bertz CT molecular complexity index is 222. The molecule has 3 nitrogen and oxygen atoms in total. The van der Waals surface area contributed by atoms with E-state index >= 15 is 0 Å². The first-order valence-corrected chi connectivity index (χ1v) is 3.31. The summed E-state index contributed by atoms with van der Waals surface area (Å²) in [5, 5.41) is 0. The molecule has 0 amide bonds. The Labute approximate surface area is 63.6 Å². The second-order valence-corrected chi connectivity index (χ2v) is 2.00. The molecule has 0 bridgehead atoms. The molecule has 0 spiro atoms. The van der Waals surface area contributed by atoms with Crippen LogP contribution in [0.2, 0.25) is 0 Å². The molecule has 11 heavy (non-hydrogen) atoms. The van der Waals surface area contributed by atoms with E-state index < -0.39 is 17.8 Å². The number of hydrogen-bond donors (Lipinski definition) is 0. The Hall–Kier alpha value is -1.19. The first kappa shape index (κ1) is 7.91. The third kappa shape index (κ3) is 1.63. The van der Waals surface area contributed by atoms with E-state index in [4.69, 9.17) is 0 Å². The van der Waals surface area contributed by atoms with Crippen molar-refractivity contribution < 1.29 is 13.9 Å². The lowest BCUT2D eigenvalue weighted by atomic mass is 10.3. The van der Waals surface area contributed by atoms with Crippen LogP contribution in [0.3, 0.4) is 0 Å².